The van der Waals surface area contributed by atoms with Crippen LogP contribution >= 0.6 is 0 Å². The average Bonchev–Trinajstić information content (AvgIpc) is 3.12. The van der Waals surface area contributed by atoms with E-state index in [0.717, 1.165) is 16.9 Å². The quantitative estimate of drug-likeness (QED) is 0.0495. The van der Waals surface area contributed by atoms with Crippen LogP contribution in [0.1, 0.15) is 47.8 Å². The molecule has 0 unspecified atom stereocenters. The molecule has 0 bridgehead atoms. The van der Waals surface area contributed by atoms with Crippen LogP contribution in [0.2, 0.25) is 0 Å². The number of terminal acetylenes is 1. The number of carbonyl (C=O) groups is 3. The van der Waals surface area contributed by atoms with Crippen LogP contribution in [0.4, 0.5) is 11.4 Å². The molecule has 50 heavy (non-hydrogen) atoms. The predicted octanol–water partition coefficient (Wildman–Crippen LogP) is 6.90. The SMILES string of the molecule is C#COc1ccc(C(=O)Nc2ccc(Cc3ccc(NOCc4ccc(OCCOc5ccccc5)cc4C(=O)O)cc3)cc2)c(C(=O)O)c1. The molecule has 11 heteroatoms. The van der Waals surface area contributed by atoms with Crippen molar-refractivity contribution in [3.63, 3.8) is 0 Å². The summed E-state index contributed by atoms with van der Waals surface area (Å²) >= 11 is 0. The lowest BCUT2D eigenvalue weighted by atomic mass is 10.0. The van der Waals surface area contributed by atoms with E-state index in [1.165, 1.54) is 24.3 Å². The molecule has 0 spiro atoms. The van der Waals surface area contributed by atoms with Crippen LogP contribution in [-0.4, -0.2) is 41.3 Å². The second-order valence-corrected chi connectivity index (χ2v) is 10.8. The summed E-state index contributed by atoms with van der Waals surface area (Å²) in [6, 6.07) is 32.8. The zero-order chi connectivity index (χ0) is 35.3. The van der Waals surface area contributed by atoms with Gasteiger partial charge < -0.3 is 29.7 Å². The first-order valence-corrected chi connectivity index (χ1v) is 15.3. The van der Waals surface area contributed by atoms with Crippen LogP contribution in [-0.2, 0) is 17.9 Å². The number of carbonyl (C=O) groups excluding carboxylic acids is 1. The number of benzene rings is 5. The lowest BCUT2D eigenvalue weighted by Crippen LogP contribution is -2.16. The first-order chi connectivity index (χ1) is 24.3. The smallest absolute Gasteiger partial charge is 0.336 e. The molecule has 0 radical (unpaired) electrons. The molecule has 252 valence electrons. The minimum atomic E-state index is -1.29. The number of hydrogen-bond donors (Lipinski definition) is 4. The fourth-order valence-electron chi connectivity index (χ4n) is 4.86. The lowest BCUT2D eigenvalue weighted by Gasteiger charge is -2.12. The van der Waals surface area contributed by atoms with Crippen LogP contribution in [0.5, 0.6) is 17.2 Å². The van der Waals surface area contributed by atoms with Gasteiger partial charge in [0.25, 0.3) is 5.91 Å². The minimum Gasteiger partial charge on any atom is -0.490 e. The first-order valence-electron chi connectivity index (χ1n) is 15.3. The number of ether oxygens (including phenoxy) is 3. The molecule has 4 N–H and O–H groups in total. The van der Waals surface area contributed by atoms with E-state index in [1.54, 1.807) is 24.3 Å². The van der Waals surface area contributed by atoms with Crippen LogP contribution in [0.25, 0.3) is 0 Å². The molecule has 0 aromatic heterocycles. The van der Waals surface area contributed by atoms with Gasteiger partial charge in [0.2, 0.25) is 0 Å². The minimum absolute atomic E-state index is 0.00673. The fraction of sp³-hybridized carbons (Fsp3) is 0.103. The van der Waals surface area contributed by atoms with Crippen molar-refractivity contribution in [1.29, 1.82) is 0 Å². The van der Waals surface area contributed by atoms with Gasteiger partial charge in [-0.25, -0.2) is 9.59 Å². The molecule has 11 nitrogen and oxygen atoms in total. The van der Waals surface area contributed by atoms with E-state index in [4.69, 9.17) is 25.5 Å². The number of hydrogen-bond acceptors (Lipinski definition) is 8. The third-order valence-electron chi connectivity index (χ3n) is 7.31. The highest BCUT2D eigenvalue weighted by Crippen LogP contribution is 2.22. The number of carboxylic acids is 2. The van der Waals surface area contributed by atoms with Gasteiger partial charge in [0.1, 0.15) is 43.2 Å². The summed E-state index contributed by atoms with van der Waals surface area (Å²) in [5, 5.41) is 22.0. The standard InChI is InChI=1S/C39H32N2O9/c1-2-47-32-18-19-34(36(24-32)39(45)46)37(42)40-29-13-8-26(9-14-29)22-27-10-15-30(16-11-27)41-50-25-28-12-17-33(23-35(28)38(43)44)49-21-20-48-31-6-4-3-5-7-31/h1,3-19,23-24,41H,20-22,25H2,(H,40,42)(H,43,44)(H,45,46). The second kappa shape index (κ2) is 16.9. The monoisotopic (exact) mass is 672 g/mol. The highest BCUT2D eigenvalue weighted by atomic mass is 16.6. The summed E-state index contributed by atoms with van der Waals surface area (Å²) in [5.41, 5.74) is 6.31. The highest BCUT2D eigenvalue weighted by molar-refractivity contribution is 6.10. The lowest BCUT2D eigenvalue weighted by molar-refractivity contribution is 0.0682. The highest BCUT2D eigenvalue weighted by Gasteiger charge is 2.18. The van der Waals surface area contributed by atoms with Crippen molar-refractivity contribution in [3.05, 3.63) is 149 Å². The van der Waals surface area contributed by atoms with Gasteiger partial charge in [-0.05, 0) is 89.8 Å². The van der Waals surface area contributed by atoms with Gasteiger partial charge in [-0.1, -0.05) is 55.0 Å². The van der Waals surface area contributed by atoms with Gasteiger partial charge in [-0.2, -0.15) is 0 Å². The normalized spacial score (nSPS) is 10.4. The van der Waals surface area contributed by atoms with Gasteiger partial charge in [0, 0.05) is 5.69 Å². The van der Waals surface area contributed by atoms with Gasteiger partial charge in [-0.15, -0.1) is 0 Å². The van der Waals surface area contributed by atoms with Gasteiger partial charge in [0.15, 0.2) is 0 Å². The van der Waals surface area contributed by atoms with E-state index < -0.39 is 17.8 Å². The molecule has 1 amide bonds. The van der Waals surface area contributed by atoms with E-state index in [9.17, 15) is 24.6 Å². The third kappa shape index (κ3) is 9.63. The maximum absolute atomic E-state index is 12.8. The first kappa shape index (κ1) is 34.6. The number of nitrogens with one attached hydrogen (secondary N) is 2. The number of aromatic carboxylic acids is 2. The predicted molar refractivity (Wildman–Crippen MR) is 186 cm³/mol. The van der Waals surface area contributed by atoms with Crippen molar-refractivity contribution < 1.29 is 43.6 Å². The average molecular weight is 673 g/mol. The zero-order valence-corrected chi connectivity index (χ0v) is 26.6. The Morgan fingerprint density at radius 1 is 0.640 bits per heavy atom. The summed E-state index contributed by atoms with van der Waals surface area (Å²) in [6.07, 6.45) is 7.68. The molecule has 0 aliphatic rings. The van der Waals surface area contributed by atoms with E-state index in [-0.39, 0.29) is 35.7 Å². The van der Waals surface area contributed by atoms with Crippen LogP contribution in [0.3, 0.4) is 0 Å². The fourth-order valence-corrected chi connectivity index (χ4v) is 4.86. The number of amides is 1. The van der Waals surface area contributed by atoms with Gasteiger partial charge in [-0.3, -0.25) is 15.1 Å². The summed E-state index contributed by atoms with van der Waals surface area (Å²) in [4.78, 5) is 42.0. The number of carboxylic acid groups (broad SMARTS) is 2. The molecule has 0 aliphatic carbocycles. The Labute approximate surface area is 288 Å². The Balaban J connectivity index is 1.09. The van der Waals surface area contributed by atoms with Crippen molar-refractivity contribution in [3.8, 4) is 29.8 Å². The van der Waals surface area contributed by atoms with Crippen molar-refractivity contribution in [2.45, 2.75) is 13.0 Å². The summed E-state index contributed by atoms with van der Waals surface area (Å²) in [5.74, 6) is -1.68. The summed E-state index contributed by atoms with van der Waals surface area (Å²) in [6.45, 7) is 0.571. The largest absolute Gasteiger partial charge is 0.490 e. The van der Waals surface area contributed by atoms with Crippen LogP contribution < -0.4 is 25.0 Å². The van der Waals surface area contributed by atoms with Crippen molar-refractivity contribution >= 4 is 29.2 Å². The molecule has 5 aromatic rings. The molecule has 0 saturated carbocycles. The molecule has 0 aliphatic heterocycles. The third-order valence-corrected chi connectivity index (χ3v) is 7.31. The topological polar surface area (TPSA) is 153 Å². The van der Waals surface area contributed by atoms with E-state index in [2.05, 4.69) is 10.8 Å². The van der Waals surface area contributed by atoms with Gasteiger partial charge >= 0.3 is 11.9 Å². The van der Waals surface area contributed by atoms with Gasteiger partial charge in [0.05, 0.1) is 22.4 Å². The second-order valence-electron chi connectivity index (χ2n) is 10.8. The molecule has 5 rings (SSSR count). The molecule has 0 heterocycles. The zero-order valence-electron chi connectivity index (χ0n) is 26.6. The Morgan fingerprint density at radius 2 is 1.24 bits per heavy atom. The Bertz CT molecular complexity index is 1990. The van der Waals surface area contributed by atoms with Crippen molar-refractivity contribution in [1.82, 2.24) is 0 Å². The number of rotatable bonds is 16. The molecule has 5 aromatic carbocycles. The van der Waals surface area contributed by atoms with E-state index in [0.29, 0.717) is 35.7 Å². The van der Waals surface area contributed by atoms with Crippen LogP contribution in [0.15, 0.2) is 115 Å². The Hall–Kier alpha value is -6.77. The maximum atomic E-state index is 12.8. The molecule has 0 saturated heterocycles. The molecule has 0 fully saturated rings. The van der Waals surface area contributed by atoms with Crippen LogP contribution in [0, 0.1) is 12.5 Å². The molecular weight excluding hydrogens is 640 g/mol. The summed E-state index contributed by atoms with van der Waals surface area (Å²) in [7, 11) is 0. The van der Waals surface area contributed by atoms with Crippen molar-refractivity contribution in [2.75, 3.05) is 24.0 Å². The summed E-state index contributed by atoms with van der Waals surface area (Å²) < 4.78 is 16.2. The van der Waals surface area contributed by atoms with Crippen molar-refractivity contribution in [2.24, 2.45) is 0 Å². The van der Waals surface area contributed by atoms with E-state index in [1.807, 2.05) is 72.8 Å². The number of para-hydroxylation sites is 1. The Kier molecular flexibility index (Phi) is 11.7. The molecular formula is C39H32N2O9. The maximum Gasteiger partial charge on any atom is 0.336 e. The Morgan fingerprint density at radius 3 is 1.88 bits per heavy atom. The molecule has 0 atom stereocenters. The van der Waals surface area contributed by atoms with E-state index >= 15 is 0 Å². The number of anilines is 2.